The fourth-order valence-corrected chi connectivity index (χ4v) is 0.757. The van der Waals surface area contributed by atoms with Crippen LogP contribution in [0.5, 0.6) is 0 Å². The molecule has 0 fully saturated rings. The number of nitrogens with one attached hydrogen (secondary N) is 2. The van der Waals surface area contributed by atoms with E-state index in [4.69, 9.17) is 11.5 Å². The lowest BCUT2D eigenvalue weighted by Crippen LogP contribution is -2.58. The van der Waals surface area contributed by atoms with Crippen molar-refractivity contribution in [3.63, 3.8) is 0 Å². The Balaban J connectivity index is 4.21. The minimum absolute atomic E-state index is 0.177. The summed E-state index contributed by atoms with van der Waals surface area (Å²) >= 11 is 0. The minimum atomic E-state index is -0.403. The fraction of sp³-hybridized carbons (Fsp3) is 0.909. The Kier molecular flexibility index (Phi) is 4.76. The van der Waals surface area contributed by atoms with Gasteiger partial charge in [0.05, 0.1) is 12.3 Å². The summed E-state index contributed by atoms with van der Waals surface area (Å²) in [5, 5.41) is 5.34. The van der Waals surface area contributed by atoms with E-state index in [2.05, 4.69) is 10.6 Å². The maximum Gasteiger partial charge on any atom is 0.317 e. The van der Waals surface area contributed by atoms with E-state index in [0.717, 1.165) is 0 Å². The molecule has 2 atom stereocenters. The van der Waals surface area contributed by atoms with Crippen LogP contribution >= 0.6 is 0 Å². The molecule has 0 radical (unpaired) electrons. The Bertz CT molecular complexity index is 215. The molecule has 5 heteroatoms. The lowest BCUT2D eigenvalue weighted by atomic mass is 9.92. The fourth-order valence-electron chi connectivity index (χ4n) is 0.757. The van der Waals surface area contributed by atoms with Gasteiger partial charge in [0.1, 0.15) is 0 Å². The van der Waals surface area contributed by atoms with Crippen LogP contribution in [0.25, 0.3) is 0 Å². The van der Waals surface area contributed by atoms with Crippen molar-refractivity contribution in [3.8, 4) is 0 Å². The molecule has 0 aliphatic heterocycles. The van der Waals surface area contributed by atoms with Gasteiger partial charge in [-0.2, -0.15) is 0 Å². The third-order valence-electron chi connectivity index (χ3n) is 2.44. The van der Waals surface area contributed by atoms with Gasteiger partial charge in [0.2, 0.25) is 0 Å². The van der Waals surface area contributed by atoms with Crippen LogP contribution in [0, 0.1) is 10.8 Å². The van der Waals surface area contributed by atoms with E-state index in [0.29, 0.717) is 0 Å². The standard InChI is InChI=1S/C11H26N4O/c1-10(2,3)7(12)14-9(16)15-8(13)11(4,5)6/h7-8H,12-13H2,1-6H3,(H2,14,15,16). The molecule has 6 N–H and O–H groups in total. The highest BCUT2D eigenvalue weighted by atomic mass is 16.2. The number of rotatable bonds is 2. The highest BCUT2D eigenvalue weighted by Gasteiger charge is 2.25. The van der Waals surface area contributed by atoms with Crippen molar-refractivity contribution in [1.82, 2.24) is 10.6 Å². The molecular weight excluding hydrogens is 204 g/mol. The van der Waals surface area contributed by atoms with Gasteiger partial charge in [-0.15, -0.1) is 0 Å². The summed E-state index contributed by atoms with van der Waals surface area (Å²) in [7, 11) is 0. The van der Waals surface area contributed by atoms with Gasteiger partial charge in [-0.3, -0.25) is 0 Å². The van der Waals surface area contributed by atoms with Gasteiger partial charge in [0.15, 0.2) is 0 Å². The van der Waals surface area contributed by atoms with E-state index in [9.17, 15) is 4.79 Å². The maximum absolute atomic E-state index is 11.6. The summed E-state index contributed by atoms with van der Waals surface area (Å²) in [4.78, 5) is 11.6. The predicted octanol–water partition coefficient (Wildman–Crippen LogP) is 0.947. The number of urea groups is 1. The van der Waals surface area contributed by atoms with Gasteiger partial charge in [-0.25, -0.2) is 4.79 Å². The third-order valence-corrected chi connectivity index (χ3v) is 2.44. The van der Waals surface area contributed by atoms with Gasteiger partial charge in [-0.1, -0.05) is 41.5 Å². The summed E-state index contributed by atoms with van der Waals surface area (Å²) in [5.41, 5.74) is 11.3. The lowest BCUT2D eigenvalue weighted by Gasteiger charge is -2.31. The molecule has 0 spiro atoms. The van der Waals surface area contributed by atoms with Crippen LogP contribution in [0.3, 0.4) is 0 Å². The van der Waals surface area contributed by atoms with Crippen molar-refractivity contribution in [2.45, 2.75) is 53.9 Å². The lowest BCUT2D eigenvalue weighted by molar-refractivity contribution is 0.202. The predicted molar refractivity (Wildman–Crippen MR) is 66.5 cm³/mol. The number of carbonyl (C=O) groups excluding carboxylic acids is 1. The number of carbonyl (C=O) groups is 1. The highest BCUT2D eigenvalue weighted by Crippen LogP contribution is 2.16. The molecule has 0 aliphatic rings. The first-order valence-corrected chi connectivity index (χ1v) is 5.53. The summed E-state index contributed by atoms with van der Waals surface area (Å²) in [6, 6.07) is -0.329. The van der Waals surface area contributed by atoms with E-state index in [1.165, 1.54) is 0 Å². The van der Waals surface area contributed by atoms with Crippen LogP contribution in [0.4, 0.5) is 4.79 Å². The number of nitrogens with two attached hydrogens (primary N) is 2. The molecule has 5 nitrogen and oxygen atoms in total. The average molecular weight is 230 g/mol. The van der Waals surface area contributed by atoms with Crippen LogP contribution in [0.2, 0.25) is 0 Å². The summed E-state index contributed by atoms with van der Waals surface area (Å²) in [6.07, 6.45) is -0.806. The van der Waals surface area contributed by atoms with Gasteiger partial charge in [0.25, 0.3) is 0 Å². The van der Waals surface area contributed by atoms with E-state index < -0.39 is 12.3 Å². The molecule has 96 valence electrons. The van der Waals surface area contributed by atoms with Gasteiger partial charge >= 0.3 is 6.03 Å². The molecule has 0 aromatic rings. The molecular formula is C11H26N4O. The third kappa shape index (κ3) is 5.32. The SMILES string of the molecule is CC(C)(C)C(N)NC(=O)NC(N)C(C)(C)C. The number of hydrogen-bond donors (Lipinski definition) is 4. The van der Waals surface area contributed by atoms with Crippen LogP contribution < -0.4 is 22.1 Å². The second kappa shape index (κ2) is 5.01. The van der Waals surface area contributed by atoms with Gasteiger partial charge < -0.3 is 22.1 Å². The molecule has 0 bridgehead atoms. The molecule has 2 amide bonds. The molecule has 16 heavy (non-hydrogen) atoms. The van der Waals surface area contributed by atoms with Crippen LogP contribution in [0.15, 0.2) is 0 Å². The molecule has 0 aromatic carbocycles. The first kappa shape index (κ1) is 15.2. The largest absolute Gasteiger partial charge is 0.322 e. The molecule has 0 aromatic heterocycles. The zero-order chi connectivity index (χ0) is 13.1. The average Bonchev–Trinajstić information content (AvgIpc) is 1.99. The second-order valence-corrected chi connectivity index (χ2v) is 6.31. The maximum atomic E-state index is 11.6. The first-order valence-electron chi connectivity index (χ1n) is 5.53. The van der Waals surface area contributed by atoms with Gasteiger partial charge in [0, 0.05) is 0 Å². The normalized spacial score (nSPS) is 16.5. The molecule has 0 rings (SSSR count). The Morgan fingerprint density at radius 2 is 1.12 bits per heavy atom. The molecule has 0 aliphatic carbocycles. The smallest absolute Gasteiger partial charge is 0.317 e. The van der Waals surface area contributed by atoms with Crippen molar-refractivity contribution in [2.75, 3.05) is 0 Å². The molecule has 0 saturated carbocycles. The zero-order valence-electron chi connectivity index (χ0n) is 11.2. The quantitative estimate of drug-likeness (QED) is 0.532. The van der Waals surface area contributed by atoms with Crippen molar-refractivity contribution in [2.24, 2.45) is 22.3 Å². The Morgan fingerprint density at radius 3 is 1.31 bits per heavy atom. The van der Waals surface area contributed by atoms with Crippen molar-refractivity contribution in [3.05, 3.63) is 0 Å². The van der Waals surface area contributed by atoms with E-state index in [1.807, 2.05) is 41.5 Å². The highest BCUT2D eigenvalue weighted by molar-refractivity contribution is 5.74. The number of hydrogen-bond acceptors (Lipinski definition) is 3. The molecule has 0 saturated heterocycles. The minimum Gasteiger partial charge on any atom is -0.322 e. The number of amides is 2. The Hall–Kier alpha value is -0.810. The topological polar surface area (TPSA) is 93.2 Å². The van der Waals surface area contributed by atoms with E-state index >= 15 is 0 Å². The zero-order valence-corrected chi connectivity index (χ0v) is 11.2. The van der Waals surface area contributed by atoms with E-state index in [-0.39, 0.29) is 16.9 Å². The first-order chi connectivity index (χ1) is 6.94. The summed E-state index contributed by atoms with van der Waals surface area (Å²) < 4.78 is 0. The Morgan fingerprint density at radius 1 is 0.875 bits per heavy atom. The van der Waals surface area contributed by atoms with Crippen molar-refractivity contribution < 1.29 is 4.79 Å². The summed E-state index contributed by atoms with van der Waals surface area (Å²) in [5.74, 6) is 0. The van der Waals surface area contributed by atoms with Crippen LogP contribution in [-0.4, -0.2) is 18.4 Å². The van der Waals surface area contributed by atoms with Gasteiger partial charge in [-0.05, 0) is 10.8 Å². The van der Waals surface area contributed by atoms with Crippen molar-refractivity contribution >= 4 is 6.03 Å². The van der Waals surface area contributed by atoms with Crippen LogP contribution in [0.1, 0.15) is 41.5 Å². The second-order valence-electron chi connectivity index (χ2n) is 6.31. The monoisotopic (exact) mass is 230 g/mol. The van der Waals surface area contributed by atoms with Crippen LogP contribution in [-0.2, 0) is 0 Å². The molecule has 2 unspecified atom stereocenters. The van der Waals surface area contributed by atoms with Crippen molar-refractivity contribution in [1.29, 1.82) is 0 Å². The Labute approximate surface area is 98.3 Å². The van der Waals surface area contributed by atoms with E-state index in [1.54, 1.807) is 0 Å². The summed E-state index contributed by atoms with van der Waals surface area (Å²) in [6.45, 7) is 11.8. The molecule has 0 heterocycles.